The summed E-state index contributed by atoms with van der Waals surface area (Å²) in [6, 6.07) is 6.75. The predicted octanol–water partition coefficient (Wildman–Crippen LogP) is 2.26. The van der Waals surface area contributed by atoms with Crippen molar-refractivity contribution in [3.05, 3.63) is 34.9 Å². The molecular weight excluding hydrogens is 344 g/mol. The number of likely N-dealkylation sites (tertiary alicyclic amines) is 1. The molecule has 1 heterocycles. The molecule has 1 aromatic carbocycles. The van der Waals surface area contributed by atoms with Crippen LogP contribution in [0, 0.1) is 5.92 Å². The van der Waals surface area contributed by atoms with Gasteiger partial charge in [0.15, 0.2) is 6.61 Å². The molecule has 0 aromatic heterocycles. The third kappa shape index (κ3) is 5.74. The lowest BCUT2D eigenvalue weighted by atomic mass is 9.96. The first kappa shape index (κ1) is 19.2. The fourth-order valence-electron chi connectivity index (χ4n) is 2.66. The van der Waals surface area contributed by atoms with Gasteiger partial charge in [-0.1, -0.05) is 18.5 Å². The van der Waals surface area contributed by atoms with Crippen LogP contribution in [0.2, 0.25) is 5.02 Å². The molecule has 1 saturated heterocycles. The molecule has 1 N–H and O–H groups in total. The zero-order valence-corrected chi connectivity index (χ0v) is 15.1. The highest BCUT2D eigenvalue weighted by atomic mass is 35.5. The molecule has 7 heteroatoms. The largest absolute Gasteiger partial charge is 0.455 e. The molecule has 0 unspecified atom stereocenters. The minimum absolute atomic E-state index is 0.0672. The van der Waals surface area contributed by atoms with Crippen molar-refractivity contribution < 1.29 is 19.1 Å². The SMILES string of the molecule is CCCNC(=O)COC(=O)C1CCN(C(=O)c2ccc(Cl)cc2)CC1. The van der Waals surface area contributed by atoms with Gasteiger partial charge in [-0.15, -0.1) is 0 Å². The van der Waals surface area contributed by atoms with Crippen molar-refractivity contribution in [3.63, 3.8) is 0 Å². The van der Waals surface area contributed by atoms with Gasteiger partial charge in [-0.05, 0) is 43.5 Å². The topological polar surface area (TPSA) is 75.7 Å². The molecule has 0 atom stereocenters. The van der Waals surface area contributed by atoms with Crippen LogP contribution in [0.25, 0.3) is 0 Å². The molecule has 2 rings (SSSR count). The Balaban J connectivity index is 1.77. The Hall–Kier alpha value is -2.08. The molecule has 1 aliphatic rings. The van der Waals surface area contributed by atoms with Gasteiger partial charge in [0.25, 0.3) is 11.8 Å². The van der Waals surface area contributed by atoms with E-state index in [2.05, 4.69) is 5.32 Å². The molecule has 2 amide bonds. The van der Waals surface area contributed by atoms with E-state index in [1.165, 1.54) is 0 Å². The Morgan fingerprint density at radius 2 is 1.84 bits per heavy atom. The maximum absolute atomic E-state index is 12.4. The standard InChI is InChI=1S/C18H23ClN2O4/c1-2-9-20-16(22)12-25-18(24)14-7-10-21(11-8-14)17(23)13-3-5-15(19)6-4-13/h3-6,14H,2,7-12H2,1H3,(H,20,22). The number of nitrogens with one attached hydrogen (secondary N) is 1. The van der Waals surface area contributed by atoms with Crippen LogP contribution in [0.1, 0.15) is 36.5 Å². The highest BCUT2D eigenvalue weighted by molar-refractivity contribution is 6.30. The summed E-state index contributed by atoms with van der Waals surface area (Å²) in [6.45, 7) is 3.25. The Bertz CT molecular complexity index is 610. The lowest BCUT2D eigenvalue weighted by Gasteiger charge is -2.31. The highest BCUT2D eigenvalue weighted by Gasteiger charge is 2.29. The molecular formula is C18H23ClN2O4. The molecule has 0 saturated carbocycles. The van der Waals surface area contributed by atoms with Crippen molar-refractivity contribution in [2.45, 2.75) is 26.2 Å². The smallest absolute Gasteiger partial charge is 0.309 e. The molecule has 0 bridgehead atoms. The van der Waals surface area contributed by atoms with E-state index in [0.717, 1.165) is 6.42 Å². The zero-order valence-electron chi connectivity index (χ0n) is 14.3. The number of ether oxygens (including phenoxy) is 1. The summed E-state index contributed by atoms with van der Waals surface area (Å²) < 4.78 is 5.06. The first-order valence-corrected chi connectivity index (χ1v) is 8.87. The molecule has 0 aliphatic carbocycles. The summed E-state index contributed by atoms with van der Waals surface area (Å²) in [5, 5.41) is 3.24. The summed E-state index contributed by atoms with van der Waals surface area (Å²) in [5.74, 6) is -0.994. The molecule has 25 heavy (non-hydrogen) atoms. The van der Waals surface area contributed by atoms with Crippen LogP contribution in [0.15, 0.2) is 24.3 Å². The number of hydrogen-bond donors (Lipinski definition) is 1. The van der Waals surface area contributed by atoms with Crippen molar-refractivity contribution in [1.29, 1.82) is 0 Å². The minimum Gasteiger partial charge on any atom is -0.455 e. The quantitative estimate of drug-likeness (QED) is 0.783. The summed E-state index contributed by atoms with van der Waals surface area (Å²) in [7, 11) is 0. The minimum atomic E-state index is -0.370. The third-order valence-corrected chi connectivity index (χ3v) is 4.38. The Labute approximate surface area is 152 Å². The maximum atomic E-state index is 12.4. The monoisotopic (exact) mass is 366 g/mol. The number of amides is 2. The molecule has 0 spiro atoms. The maximum Gasteiger partial charge on any atom is 0.309 e. The van der Waals surface area contributed by atoms with E-state index in [-0.39, 0.29) is 30.3 Å². The summed E-state index contributed by atoms with van der Waals surface area (Å²) in [6.07, 6.45) is 1.91. The Morgan fingerprint density at radius 1 is 1.20 bits per heavy atom. The number of hydrogen-bond acceptors (Lipinski definition) is 4. The van der Waals surface area contributed by atoms with Crippen LogP contribution in [0.3, 0.4) is 0 Å². The van der Waals surface area contributed by atoms with Crippen molar-refractivity contribution in [1.82, 2.24) is 10.2 Å². The van der Waals surface area contributed by atoms with Gasteiger partial charge >= 0.3 is 5.97 Å². The number of nitrogens with zero attached hydrogens (tertiary/aromatic N) is 1. The van der Waals surface area contributed by atoms with Gasteiger partial charge in [0.2, 0.25) is 0 Å². The second kappa shape index (κ2) is 9.42. The van der Waals surface area contributed by atoms with Gasteiger partial charge in [-0.3, -0.25) is 14.4 Å². The fourth-order valence-corrected chi connectivity index (χ4v) is 2.79. The van der Waals surface area contributed by atoms with E-state index in [9.17, 15) is 14.4 Å². The highest BCUT2D eigenvalue weighted by Crippen LogP contribution is 2.21. The van der Waals surface area contributed by atoms with E-state index in [0.29, 0.717) is 43.1 Å². The van der Waals surface area contributed by atoms with Crippen molar-refractivity contribution in [2.75, 3.05) is 26.2 Å². The average molecular weight is 367 g/mol. The average Bonchev–Trinajstić information content (AvgIpc) is 2.64. The van der Waals surface area contributed by atoms with Crippen LogP contribution >= 0.6 is 11.6 Å². The van der Waals surface area contributed by atoms with E-state index >= 15 is 0 Å². The molecule has 0 radical (unpaired) electrons. The Morgan fingerprint density at radius 3 is 2.44 bits per heavy atom. The predicted molar refractivity (Wildman–Crippen MR) is 94.3 cm³/mol. The van der Waals surface area contributed by atoms with E-state index in [1.54, 1.807) is 29.2 Å². The molecule has 1 fully saturated rings. The molecule has 1 aliphatic heterocycles. The van der Waals surface area contributed by atoms with Crippen molar-refractivity contribution >= 4 is 29.4 Å². The number of rotatable bonds is 6. The first-order valence-electron chi connectivity index (χ1n) is 8.49. The van der Waals surface area contributed by atoms with E-state index in [1.807, 2.05) is 6.92 Å². The second-order valence-corrected chi connectivity index (χ2v) is 6.47. The van der Waals surface area contributed by atoms with E-state index in [4.69, 9.17) is 16.3 Å². The lowest BCUT2D eigenvalue weighted by Crippen LogP contribution is -2.41. The summed E-state index contributed by atoms with van der Waals surface area (Å²) in [5.41, 5.74) is 0.582. The normalized spacial score (nSPS) is 14.9. The first-order chi connectivity index (χ1) is 12.0. The summed E-state index contributed by atoms with van der Waals surface area (Å²) >= 11 is 5.83. The van der Waals surface area contributed by atoms with Crippen LogP contribution in [0.5, 0.6) is 0 Å². The molecule has 6 nitrogen and oxygen atoms in total. The van der Waals surface area contributed by atoms with Gasteiger partial charge in [0.05, 0.1) is 5.92 Å². The van der Waals surface area contributed by atoms with Crippen LogP contribution < -0.4 is 5.32 Å². The van der Waals surface area contributed by atoms with Crippen LogP contribution in [0.4, 0.5) is 0 Å². The van der Waals surface area contributed by atoms with Gasteiger partial charge in [-0.2, -0.15) is 0 Å². The number of carbonyl (C=O) groups excluding carboxylic acids is 3. The van der Waals surface area contributed by atoms with Crippen molar-refractivity contribution in [2.24, 2.45) is 5.92 Å². The van der Waals surface area contributed by atoms with Crippen molar-refractivity contribution in [3.8, 4) is 0 Å². The van der Waals surface area contributed by atoms with Gasteiger partial charge in [0, 0.05) is 30.2 Å². The number of piperidine rings is 1. The zero-order chi connectivity index (χ0) is 18.2. The second-order valence-electron chi connectivity index (χ2n) is 6.03. The number of halogens is 1. The summed E-state index contributed by atoms with van der Waals surface area (Å²) in [4.78, 5) is 37.6. The fraction of sp³-hybridized carbons (Fsp3) is 0.500. The molecule has 1 aromatic rings. The number of esters is 1. The number of carbonyl (C=O) groups is 3. The third-order valence-electron chi connectivity index (χ3n) is 4.12. The van der Waals surface area contributed by atoms with Crippen LogP contribution in [-0.4, -0.2) is 48.9 Å². The van der Waals surface area contributed by atoms with Gasteiger partial charge in [0.1, 0.15) is 0 Å². The van der Waals surface area contributed by atoms with Gasteiger partial charge in [-0.25, -0.2) is 0 Å². The number of benzene rings is 1. The molecule has 136 valence electrons. The van der Waals surface area contributed by atoms with Gasteiger partial charge < -0.3 is 15.0 Å². The Kier molecular flexibility index (Phi) is 7.25. The van der Waals surface area contributed by atoms with E-state index < -0.39 is 0 Å². The van der Waals surface area contributed by atoms with Crippen LogP contribution in [-0.2, 0) is 14.3 Å². The lowest BCUT2D eigenvalue weighted by molar-refractivity contribution is -0.153.